The Morgan fingerprint density at radius 3 is 2.08 bits per heavy atom. The molecule has 1 heterocycles. The van der Waals surface area contributed by atoms with E-state index in [0.717, 1.165) is 37.6 Å². The molecule has 1 N–H and O–H groups in total. The molecule has 5 nitrogen and oxygen atoms in total. The molecule has 5 heteroatoms. The van der Waals surface area contributed by atoms with Gasteiger partial charge in [-0.15, -0.1) is 0 Å². The monoisotopic (exact) mass is 338 g/mol. The summed E-state index contributed by atoms with van der Waals surface area (Å²) in [6.45, 7) is 5.27. The van der Waals surface area contributed by atoms with Crippen LogP contribution in [0.5, 0.6) is 0 Å². The fourth-order valence-electron chi connectivity index (χ4n) is 2.97. The minimum atomic E-state index is -0.0267. The van der Waals surface area contributed by atoms with E-state index < -0.39 is 0 Å². The van der Waals surface area contributed by atoms with Crippen LogP contribution in [-0.4, -0.2) is 51.2 Å². The summed E-state index contributed by atoms with van der Waals surface area (Å²) in [5, 5.41) is 2.99. The van der Waals surface area contributed by atoms with Crippen LogP contribution in [0.3, 0.4) is 0 Å². The number of carbonyl (C=O) groups is 1. The highest BCUT2D eigenvalue weighted by Gasteiger charge is 2.21. The number of nitrogens with one attached hydrogen (secondary N) is 1. The van der Waals surface area contributed by atoms with Crippen molar-refractivity contribution in [2.75, 3.05) is 55.4 Å². The van der Waals surface area contributed by atoms with Crippen molar-refractivity contribution < 1.29 is 4.79 Å². The molecular weight excluding hydrogens is 312 g/mol. The second-order valence-corrected chi connectivity index (χ2v) is 6.68. The molecule has 0 unspecified atom stereocenters. The lowest BCUT2D eigenvalue weighted by atomic mass is 10.2. The number of aryl methyl sites for hydroxylation is 1. The Balaban J connectivity index is 1.53. The molecule has 1 aliphatic heterocycles. The highest BCUT2D eigenvalue weighted by Crippen LogP contribution is 2.19. The molecule has 2 aromatic rings. The van der Waals surface area contributed by atoms with Crippen LogP contribution >= 0.6 is 0 Å². The molecule has 0 saturated carbocycles. The first-order valence-electron chi connectivity index (χ1n) is 8.68. The van der Waals surface area contributed by atoms with E-state index >= 15 is 0 Å². The van der Waals surface area contributed by atoms with Crippen molar-refractivity contribution in [3.05, 3.63) is 54.1 Å². The summed E-state index contributed by atoms with van der Waals surface area (Å²) in [4.78, 5) is 18.7. The van der Waals surface area contributed by atoms with Gasteiger partial charge in [-0.3, -0.25) is 0 Å². The Morgan fingerprint density at radius 1 is 0.920 bits per heavy atom. The maximum absolute atomic E-state index is 12.5. The molecular formula is C20H26N4O. The molecule has 1 saturated heterocycles. The number of piperazine rings is 1. The lowest BCUT2D eigenvalue weighted by molar-refractivity contribution is 0.208. The summed E-state index contributed by atoms with van der Waals surface area (Å²) in [7, 11) is 4.00. The molecule has 0 radical (unpaired) electrons. The van der Waals surface area contributed by atoms with Gasteiger partial charge in [-0.2, -0.15) is 0 Å². The number of carbonyl (C=O) groups excluding carboxylic acids is 1. The summed E-state index contributed by atoms with van der Waals surface area (Å²) >= 11 is 0. The third-order valence-electron chi connectivity index (χ3n) is 4.60. The van der Waals surface area contributed by atoms with Gasteiger partial charge < -0.3 is 20.0 Å². The lowest BCUT2D eigenvalue weighted by Crippen LogP contribution is -2.50. The zero-order valence-corrected chi connectivity index (χ0v) is 15.2. The Labute approximate surface area is 149 Å². The normalized spacial score (nSPS) is 14.4. The first kappa shape index (κ1) is 17.1. The lowest BCUT2D eigenvalue weighted by Gasteiger charge is -2.36. The molecule has 3 rings (SSSR count). The summed E-state index contributed by atoms with van der Waals surface area (Å²) in [5.74, 6) is 0. The average Bonchev–Trinajstić information content (AvgIpc) is 2.63. The number of urea groups is 1. The van der Waals surface area contributed by atoms with Crippen molar-refractivity contribution in [3.8, 4) is 0 Å². The third kappa shape index (κ3) is 4.24. The highest BCUT2D eigenvalue weighted by molar-refractivity contribution is 5.89. The summed E-state index contributed by atoms with van der Waals surface area (Å²) in [6.07, 6.45) is 0. The standard InChI is InChI=1S/C20H26N4O/c1-16-4-8-19(9-5-16)23-12-14-24(15-13-23)20(25)21-17-6-10-18(11-7-17)22(2)3/h4-11H,12-15H2,1-3H3,(H,21,25). The number of benzene rings is 2. The predicted molar refractivity (Wildman–Crippen MR) is 105 cm³/mol. The molecule has 2 aromatic carbocycles. The topological polar surface area (TPSA) is 38.8 Å². The van der Waals surface area contributed by atoms with Crippen LogP contribution in [0.25, 0.3) is 0 Å². The van der Waals surface area contributed by atoms with Gasteiger partial charge in [0.25, 0.3) is 0 Å². The molecule has 0 spiro atoms. The van der Waals surface area contributed by atoms with E-state index in [9.17, 15) is 4.79 Å². The molecule has 0 atom stereocenters. The van der Waals surface area contributed by atoms with Crippen LogP contribution in [0.1, 0.15) is 5.56 Å². The van der Waals surface area contributed by atoms with Crippen molar-refractivity contribution in [1.82, 2.24) is 4.90 Å². The number of rotatable bonds is 3. The fraction of sp³-hybridized carbons (Fsp3) is 0.350. The number of hydrogen-bond donors (Lipinski definition) is 1. The Kier molecular flexibility index (Phi) is 5.12. The van der Waals surface area contributed by atoms with Crippen molar-refractivity contribution in [2.45, 2.75) is 6.92 Å². The first-order valence-corrected chi connectivity index (χ1v) is 8.68. The molecule has 1 aliphatic rings. The van der Waals surface area contributed by atoms with Crippen molar-refractivity contribution in [1.29, 1.82) is 0 Å². The van der Waals surface area contributed by atoms with Crippen LogP contribution in [0, 0.1) is 6.92 Å². The van der Waals surface area contributed by atoms with Crippen molar-refractivity contribution in [3.63, 3.8) is 0 Å². The number of anilines is 3. The van der Waals surface area contributed by atoms with Crippen LogP contribution in [0.2, 0.25) is 0 Å². The van der Waals surface area contributed by atoms with Crippen molar-refractivity contribution in [2.24, 2.45) is 0 Å². The summed E-state index contributed by atoms with van der Waals surface area (Å²) in [5.41, 5.74) is 4.44. The number of amides is 2. The van der Waals surface area contributed by atoms with Gasteiger partial charge in [0.2, 0.25) is 0 Å². The van der Waals surface area contributed by atoms with Crippen LogP contribution < -0.4 is 15.1 Å². The van der Waals surface area contributed by atoms with Gasteiger partial charge in [-0.05, 0) is 43.3 Å². The van der Waals surface area contributed by atoms with E-state index in [2.05, 4.69) is 41.4 Å². The molecule has 0 aliphatic carbocycles. The van der Waals surface area contributed by atoms with Gasteiger partial charge in [-0.25, -0.2) is 4.79 Å². The molecule has 1 fully saturated rings. The van der Waals surface area contributed by atoms with E-state index in [1.807, 2.05) is 48.2 Å². The average molecular weight is 338 g/mol. The van der Waals surface area contributed by atoms with Gasteiger partial charge in [0.15, 0.2) is 0 Å². The minimum absolute atomic E-state index is 0.0267. The summed E-state index contributed by atoms with van der Waals surface area (Å²) in [6, 6.07) is 16.4. The largest absolute Gasteiger partial charge is 0.378 e. The van der Waals surface area contributed by atoms with E-state index in [-0.39, 0.29) is 6.03 Å². The van der Waals surface area contributed by atoms with E-state index in [4.69, 9.17) is 0 Å². The van der Waals surface area contributed by atoms with E-state index in [0.29, 0.717) is 0 Å². The number of nitrogens with zero attached hydrogens (tertiary/aromatic N) is 3. The summed E-state index contributed by atoms with van der Waals surface area (Å²) < 4.78 is 0. The second kappa shape index (κ2) is 7.47. The van der Waals surface area contributed by atoms with Gasteiger partial charge in [0.05, 0.1) is 0 Å². The highest BCUT2D eigenvalue weighted by atomic mass is 16.2. The SMILES string of the molecule is Cc1ccc(N2CCN(C(=O)Nc3ccc(N(C)C)cc3)CC2)cc1. The molecule has 132 valence electrons. The Hall–Kier alpha value is -2.69. The first-order chi connectivity index (χ1) is 12.0. The Bertz CT molecular complexity index is 701. The zero-order chi connectivity index (χ0) is 17.8. The third-order valence-corrected chi connectivity index (χ3v) is 4.60. The predicted octanol–water partition coefficient (Wildman–Crippen LogP) is 3.42. The smallest absolute Gasteiger partial charge is 0.321 e. The van der Waals surface area contributed by atoms with Crippen LogP contribution in [-0.2, 0) is 0 Å². The van der Waals surface area contributed by atoms with Gasteiger partial charge >= 0.3 is 6.03 Å². The van der Waals surface area contributed by atoms with Crippen LogP contribution in [0.4, 0.5) is 21.9 Å². The van der Waals surface area contributed by atoms with E-state index in [1.54, 1.807) is 0 Å². The maximum atomic E-state index is 12.5. The van der Waals surface area contributed by atoms with Gasteiger partial charge in [0.1, 0.15) is 0 Å². The zero-order valence-electron chi connectivity index (χ0n) is 15.2. The van der Waals surface area contributed by atoms with Crippen molar-refractivity contribution >= 4 is 23.1 Å². The molecule has 2 amide bonds. The number of hydrogen-bond acceptors (Lipinski definition) is 3. The van der Waals surface area contributed by atoms with Crippen LogP contribution in [0.15, 0.2) is 48.5 Å². The molecule has 0 bridgehead atoms. The molecule has 0 aromatic heterocycles. The Morgan fingerprint density at radius 2 is 1.52 bits per heavy atom. The quantitative estimate of drug-likeness (QED) is 0.932. The fourth-order valence-corrected chi connectivity index (χ4v) is 2.97. The minimum Gasteiger partial charge on any atom is -0.378 e. The molecule has 25 heavy (non-hydrogen) atoms. The second-order valence-electron chi connectivity index (χ2n) is 6.68. The van der Waals surface area contributed by atoms with Gasteiger partial charge in [0, 0.05) is 57.3 Å². The van der Waals surface area contributed by atoms with E-state index in [1.165, 1.54) is 11.3 Å². The maximum Gasteiger partial charge on any atom is 0.321 e. The van der Waals surface area contributed by atoms with Gasteiger partial charge in [-0.1, -0.05) is 17.7 Å².